The van der Waals surface area contributed by atoms with Crippen molar-refractivity contribution in [2.24, 2.45) is 0 Å². The van der Waals surface area contributed by atoms with E-state index in [-0.39, 0.29) is 37.5 Å². The maximum Gasteiger partial charge on any atom is 0.278 e. The molecule has 1 atom stereocenters. The van der Waals surface area contributed by atoms with Crippen LogP contribution in [0.2, 0.25) is 5.02 Å². The molecule has 0 aliphatic heterocycles. The van der Waals surface area contributed by atoms with E-state index in [0.717, 1.165) is 17.7 Å². The van der Waals surface area contributed by atoms with Crippen molar-refractivity contribution in [3.05, 3.63) is 35.2 Å². The van der Waals surface area contributed by atoms with E-state index < -0.39 is 0 Å². The number of likely N-dealkylation sites (N-methyl/N-ethyl adjacent to an activating group) is 1. The number of nitrogens with one attached hydrogen (secondary N) is 2. The topological polar surface area (TPSA) is 92.8 Å². The van der Waals surface area contributed by atoms with Gasteiger partial charge in [-0.2, -0.15) is 0 Å². The Morgan fingerprint density at radius 2 is 2.00 bits per heavy atom. The molecule has 1 heterocycles. The van der Waals surface area contributed by atoms with Crippen LogP contribution < -0.4 is 10.2 Å². The second kappa shape index (κ2) is 9.37. The van der Waals surface area contributed by atoms with Gasteiger partial charge in [0.25, 0.3) is 11.8 Å². The van der Waals surface area contributed by atoms with Crippen LogP contribution in [0.15, 0.2) is 28.7 Å². The molecule has 2 N–H and O–H groups in total. The van der Waals surface area contributed by atoms with E-state index in [1.807, 2.05) is 33.0 Å². The van der Waals surface area contributed by atoms with E-state index in [2.05, 4.69) is 15.5 Å². The lowest BCUT2D eigenvalue weighted by Gasteiger charge is -2.26. The third-order valence-electron chi connectivity index (χ3n) is 4.68. The summed E-state index contributed by atoms with van der Waals surface area (Å²) < 4.78 is 5.73. The van der Waals surface area contributed by atoms with Crippen LogP contribution in [0.4, 0.5) is 0 Å². The van der Waals surface area contributed by atoms with Gasteiger partial charge in [-0.05, 0) is 38.8 Å². The predicted octanol–water partition coefficient (Wildman–Crippen LogP) is 0.920. The monoisotopic (exact) mass is 420 g/mol. The van der Waals surface area contributed by atoms with Gasteiger partial charge in [0.1, 0.15) is 0 Å². The molecule has 1 aromatic carbocycles. The standard InChI is InChI=1S/C20H26ClN5O3/c1-13(2)26(19(28)12-25(3)10-17(27)22-14-8-9-14)11-18-23-24-20(29-18)15-6-4-5-7-16(15)21/h4-7,13-14H,8-12H2,1-3H3,(H,22,27)/p+1. The zero-order chi connectivity index (χ0) is 21.0. The highest BCUT2D eigenvalue weighted by atomic mass is 35.5. The molecule has 0 saturated heterocycles. The van der Waals surface area contributed by atoms with Gasteiger partial charge in [0.2, 0.25) is 11.8 Å². The molecule has 9 heteroatoms. The van der Waals surface area contributed by atoms with Gasteiger partial charge in [0.05, 0.1) is 24.2 Å². The Morgan fingerprint density at radius 1 is 1.28 bits per heavy atom. The minimum Gasteiger partial charge on any atom is -0.419 e. The van der Waals surface area contributed by atoms with Crippen molar-refractivity contribution >= 4 is 23.4 Å². The fraction of sp³-hybridized carbons (Fsp3) is 0.500. The van der Waals surface area contributed by atoms with E-state index in [9.17, 15) is 9.59 Å². The molecule has 8 nitrogen and oxygen atoms in total. The first-order valence-electron chi connectivity index (χ1n) is 9.81. The summed E-state index contributed by atoms with van der Waals surface area (Å²) in [5.41, 5.74) is 0.654. The number of quaternary nitrogens is 1. The van der Waals surface area contributed by atoms with Crippen LogP contribution in [0.5, 0.6) is 0 Å². The fourth-order valence-corrected chi connectivity index (χ4v) is 3.18. The summed E-state index contributed by atoms with van der Waals surface area (Å²) in [4.78, 5) is 27.3. The van der Waals surface area contributed by atoms with Gasteiger partial charge >= 0.3 is 0 Å². The van der Waals surface area contributed by atoms with Crippen LogP contribution in [0.3, 0.4) is 0 Å². The summed E-state index contributed by atoms with van der Waals surface area (Å²) in [7, 11) is 1.84. The molecule has 2 amide bonds. The third-order valence-corrected chi connectivity index (χ3v) is 5.01. The maximum atomic E-state index is 12.8. The third kappa shape index (κ3) is 6.01. The lowest BCUT2D eigenvalue weighted by atomic mass is 10.2. The molecule has 1 aliphatic rings. The van der Waals surface area contributed by atoms with Gasteiger partial charge in [-0.3, -0.25) is 9.59 Å². The predicted molar refractivity (Wildman–Crippen MR) is 108 cm³/mol. The highest BCUT2D eigenvalue weighted by molar-refractivity contribution is 6.33. The molecule has 1 unspecified atom stereocenters. The van der Waals surface area contributed by atoms with Crippen molar-refractivity contribution in [1.29, 1.82) is 0 Å². The number of nitrogens with zero attached hydrogens (tertiary/aromatic N) is 3. The zero-order valence-corrected chi connectivity index (χ0v) is 17.7. The Balaban J connectivity index is 1.60. The Morgan fingerprint density at radius 3 is 2.66 bits per heavy atom. The Bertz CT molecular complexity index is 865. The van der Waals surface area contributed by atoms with Crippen molar-refractivity contribution in [3.63, 3.8) is 0 Å². The van der Waals surface area contributed by atoms with Crippen molar-refractivity contribution in [2.75, 3.05) is 20.1 Å². The number of amides is 2. The summed E-state index contributed by atoms with van der Waals surface area (Å²) in [6.07, 6.45) is 2.09. The normalized spacial score (nSPS) is 14.7. The second-order valence-corrected chi connectivity index (χ2v) is 8.16. The first kappa shape index (κ1) is 21.3. The van der Waals surface area contributed by atoms with Crippen LogP contribution in [0, 0.1) is 0 Å². The average Bonchev–Trinajstić information content (AvgIpc) is 3.33. The fourth-order valence-electron chi connectivity index (χ4n) is 2.97. The number of hydrogen-bond acceptors (Lipinski definition) is 5. The molecule has 156 valence electrons. The summed E-state index contributed by atoms with van der Waals surface area (Å²) in [6.45, 7) is 4.54. The van der Waals surface area contributed by atoms with Crippen molar-refractivity contribution in [1.82, 2.24) is 20.4 Å². The van der Waals surface area contributed by atoms with Crippen LogP contribution >= 0.6 is 11.6 Å². The summed E-state index contributed by atoms with van der Waals surface area (Å²) in [5, 5.41) is 11.6. The second-order valence-electron chi connectivity index (χ2n) is 7.75. The molecule has 2 aromatic rings. The molecule has 0 radical (unpaired) electrons. The van der Waals surface area contributed by atoms with Crippen LogP contribution in [0.25, 0.3) is 11.5 Å². The molecule has 0 bridgehead atoms. The smallest absolute Gasteiger partial charge is 0.278 e. The molecule has 0 spiro atoms. The van der Waals surface area contributed by atoms with Crippen LogP contribution in [-0.4, -0.2) is 59.1 Å². The maximum absolute atomic E-state index is 12.8. The number of carbonyl (C=O) groups excluding carboxylic acids is 2. The van der Waals surface area contributed by atoms with E-state index in [1.54, 1.807) is 17.0 Å². The molecule has 1 aromatic heterocycles. The number of aromatic nitrogens is 2. The van der Waals surface area contributed by atoms with E-state index >= 15 is 0 Å². The first-order valence-corrected chi connectivity index (χ1v) is 10.2. The van der Waals surface area contributed by atoms with Gasteiger partial charge in [-0.15, -0.1) is 10.2 Å². The van der Waals surface area contributed by atoms with E-state index in [1.165, 1.54) is 0 Å². The van der Waals surface area contributed by atoms with Crippen molar-refractivity contribution in [2.45, 2.75) is 45.3 Å². The molecular formula is C20H27ClN5O3+. The summed E-state index contributed by atoms with van der Waals surface area (Å²) >= 11 is 6.18. The quantitative estimate of drug-likeness (QED) is 0.629. The summed E-state index contributed by atoms with van der Waals surface area (Å²) in [5.74, 6) is 0.566. The Labute approximate surface area is 175 Å². The molecule has 1 fully saturated rings. The molecular weight excluding hydrogens is 394 g/mol. The molecule has 1 aliphatic carbocycles. The summed E-state index contributed by atoms with van der Waals surface area (Å²) in [6, 6.07) is 7.49. The number of rotatable bonds is 9. The van der Waals surface area contributed by atoms with Crippen LogP contribution in [-0.2, 0) is 16.1 Å². The number of hydrogen-bond donors (Lipinski definition) is 2. The minimum atomic E-state index is -0.0748. The van der Waals surface area contributed by atoms with E-state index in [4.69, 9.17) is 16.0 Å². The number of carbonyl (C=O) groups is 2. The average molecular weight is 421 g/mol. The van der Waals surface area contributed by atoms with E-state index in [0.29, 0.717) is 28.4 Å². The lowest BCUT2D eigenvalue weighted by molar-refractivity contribution is -0.863. The lowest BCUT2D eigenvalue weighted by Crippen LogP contribution is -3.11. The number of benzene rings is 1. The minimum absolute atomic E-state index is 0.0184. The van der Waals surface area contributed by atoms with Gasteiger partial charge in [-0.1, -0.05) is 23.7 Å². The number of halogens is 1. The van der Waals surface area contributed by atoms with Gasteiger partial charge in [0.15, 0.2) is 13.1 Å². The van der Waals surface area contributed by atoms with Crippen LogP contribution in [0.1, 0.15) is 32.6 Å². The highest BCUT2D eigenvalue weighted by Gasteiger charge is 2.27. The first-order chi connectivity index (χ1) is 13.8. The molecule has 3 rings (SSSR count). The van der Waals surface area contributed by atoms with Crippen molar-refractivity contribution < 1.29 is 18.9 Å². The molecule has 1 saturated carbocycles. The zero-order valence-electron chi connectivity index (χ0n) is 16.9. The van der Waals surface area contributed by atoms with Crippen molar-refractivity contribution in [3.8, 4) is 11.5 Å². The van der Waals surface area contributed by atoms with Gasteiger partial charge in [-0.25, -0.2) is 0 Å². The van der Waals surface area contributed by atoms with Gasteiger partial charge in [0, 0.05) is 12.1 Å². The Hall–Kier alpha value is -2.45. The Kier molecular flexibility index (Phi) is 6.87. The largest absolute Gasteiger partial charge is 0.419 e. The molecule has 29 heavy (non-hydrogen) atoms. The SMILES string of the molecule is CC(C)N(Cc1nnc(-c2ccccc2Cl)o1)C(=O)C[NH+](C)CC(=O)NC1CC1. The highest BCUT2D eigenvalue weighted by Crippen LogP contribution is 2.26. The van der Waals surface area contributed by atoms with Gasteiger partial charge < -0.3 is 19.5 Å².